The maximum atomic E-state index is 11.8. The highest BCUT2D eigenvalue weighted by molar-refractivity contribution is 7.86. The van der Waals surface area contributed by atoms with Gasteiger partial charge in [0.1, 0.15) is 6.54 Å². The smallest absolute Gasteiger partial charge is 0.294 e. The van der Waals surface area contributed by atoms with Crippen LogP contribution in [-0.4, -0.2) is 48.5 Å². The lowest BCUT2D eigenvalue weighted by Crippen LogP contribution is -2.31. The molecule has 0 amide bonds. The van der Waals surface area contributed by atoms with Gasteiger partial charge in [0, 0.05) is 29.6 Å². The zero-order valence-electron chi connectivity index (χ0n) is 19.8. The van der Waals surface area contributed by atoms with Crippen LogP contribution < -0.4 is 5.32 Å². The first-order valence-electron chi connectivity index (χ1n) is 11.3. The largest absolute Gasteiger partial charge is 0.362 e. The minimum atomic E-state index is -4.39. The molecular weight excluding hydrogens is 488 g/mol. The number of nitrogens with zero attached hydrogens (tertiary/aromatic N) is 1. The van der Waals surface area contributed by atoms with E-state index in [2.05, 4.69) is 9.89 Å². The van der Waals surface area contributed by atoms with E-state index in [1.54, 1.807) is 6.07 Å². The molecule has 0 fully saturated rings. The van der Waals surface area contributed by atoms with E-state index < -0.39 is 25.7 Å². The molecule has 0 spiro atoms. The molecule has 0 saturated heterocycles. The molecule has 3 N–H and O–H groups in total. The predicted octanol–water partition coefficient (Wildman–Crippen LogP) is 4.55. The summed E-state index contributed by atoms with van der Waals surface area (Å²) in [5, 5.41) is 3.18. The molecule has 1 unspecified atom stereocenters. The Bertz CT molecular complexity index is 1360. The Labute approximate surface area is 207 Å². The number of benzene rings is 2. The molecule has 8 nitrogen and oxygen atoms in total. The third kappa shape index (κ3) is 6.66. The Balaban J connectivity index is 1.94. The van der Waals surface area contributed by atoms with Gasteiger partial charge in [-0.2, -0.15) is 21.4 Å². The number of unbranched alkanes of at least 4 members (excludes halogenated alkanes) is 1. The zero-order chi connectivity index (χ0) is 25.7. The van der Waals surface area contributed by atoms with Gasteiger partial charge in [-0.05, 0) is 57.0 Å². The highest BCUT2D eigenvalue weighted by atomic mass is 32.2. The second-order valence-electron chi connectivity index (χ2n) is 8.59. The van der Waals surface area contributed by atoms with Gasteiger partial charge in [-0.1, -0.05) is 30.7 Å². The third-order valence-electron chi connectivity index (χ3n) is 6.14. The third-order valence-corrected chi connectivity index (χ3v) is 7.79. The molecule has 0 saturated carbocycles. The molecule has 0 bridgehead atoms. The Kier molecular flexibility index (Phi) is 8.32. The van der Waals surface area contributed by atoms with E-state index in [1.807, 2.05) is 68.6 Å². The van der Waals surface area contributed by atoms with E-state index in [9.17, 15) is 21.4 Å². The first-order valence-corrected chi connectivity index (χ1v) is 14.4. The Morgan fingerprint density at radius 1 is 1.00 bits per heavy atom. The molecule has 35 heavy (non-hydrogen) atoms. The van der Waals surface area contributed by atoms with Gasteiger partial charge in [0.05, 0.1) is 16.1 Å². The van der Waals surface area contributed by atoms with Crippen molar-refractivity contribution in [3.05, 3.63) is 78.5 Å². The lowest BCUT2D eigenvalue weighted by molar-refractivity contribution is -0.433. The number of anilines is 1. The SMILES string of the molecule is CC[N+]1=C(/C=C/C=C/Nc2ccccc2)C(C)(CCCCS(=O)(=O)O)c2cc(S(=O)(=O)O)ccc21. The lowest BCUT2D eigenvalue weighted by Gasteiger charge is -2.22. The number of hydrogen-bond acceptors (Lipinski definition) is 5. The monoisotopic (exact) mass is 519 g/mol. The summed E-state index contributed by atoms with van der Waals surface area (Å²) >= 11 is 0. The summed E-state index contributed by atoms with van der Waals surface area (Å²) in [6.45, 7) is 4.60. The minimum absolute atomic E-state index is 0.186. The van der Waals surface area contributed by atoms with Crippen LogP contribution in [0, 0.1) is 0 Å². The average molecular weight is 520 g/mol. The van der Waals surface area contributed by atoms with E-state index in [1.165, 1.54) is 12.1 Å². The van der Waals surface area contributed by atoms with Crippen molar-refractivity contribution < 1.29 is 30.5 Å². The molecule has 10 heteroatoms. The Hall–Kier alpha value is -2.79. The fourth-order valence-electron chi connectivity index (χ4n) is 4.44. The van der Waals surface area contributed by atoms with Gasteiger partial charge < -0.3 is 5.32 Å². The molecule has 1 aliphatic rings. The van der Waals surface area contributed by atoms with Gasteiger partial charge in [0.15, 0.2) is 5.71 Å². The van der Waals surface area contributed by atoms with Gasteiger partial charge in [-0.15, -0.1) is 0 Å². The van der Waals surface area contributed by atoms with Crippen molar-refractivity contribution >= 4 is 37.3 Å². The number of nitrogens with one attached hydrogen (secondary N) is 1. The molecule has 1 aliphatic heterocycles. The van der Waals surface area contributed by atoms with Crippen LogP contribution in [0.1, 0.15) is 38.7 Å². The van der Waals surface area contributed by atoms with Crippen molar-refractivity contribution in [1.29, 1.82) is 0 Å². The van der Waals surface area contributed by atoms with Crippen LogP contribution in [0.3, 0.4) is 0 Å². The van der Waals surface area contributed by atoms with Crippen LogP contribution in [0.2, 0.25) is 0 Å². The van der Waals surface area contributed by atoms with Crippen LogP contribution in [0.15, 0.2) is 77.9 Å². The van der Waals surface area contributed by atoms with Crippen molar-refractivity contribution in [2.75, 3.05) is 17.6 Å². The summed E-state index contributed by atoms with van der Waals surface area (Å²) in [6, 6.07) is 14.3. The van der Waals surface area contributed by atoms with Gasteiger partial charge >= 0.3 is 0 Å². The van der Waals surface area contributed by atoms with Crippen LogP contribution in [-0.2, 0) is 25.7 Å². The van der Waals surface area contributed by atoms with Crippen LogP contribution in [0.25, 0.3) is 0 Å². The quantitative estimate of drug-likeness (QED) is 0.172. The second kappa shape index (κ2) is 10.9. The van der Waals surface area contributed by atoms with Gasteiger partial charge in [0.25, 0.3) is 20.2 Å². The van der Waals surface area contributed by atoms with Gasteiger partial charge in [0.2, 0.25) is 5.69 Å². The zero-order valence-corrected chi connectivity index (χ0v) is 21.4. The first-order chi connectivity index (χ1) is 16.5. The second-order valence-corrected chi connectivity index (χ2v) is 11.6. The fraction of sp³-hybridized carbons (Fsp3) is 0.320. The lowest BCUT2D eigenvalue weighted by atomic mass is 9.75. The van der Waals surface area contributed by atoms with E-state index in [0.717, 1.165) is 22.6 Å². The normalized spacial score (nSPS) is 18.5. The summed E-state index contributed by atoms with van der Waals surface area (Å²) in [6.07, 6.45) is 8.80. The number of rotatable bonds is 11. The van der Waals surface area contributed by atoms with Crippen LogP contribution in [0.4, 0.5) is 11.4 Å². The molecule has 2 aromatic rings. The maximum Gasteiger partial charge on any atom is 0.294 e. The average Bonchev–Trinajstić information content (AvgIpc) is 3.03. The van der Waals surface area contributed by atoms with E-state index in [-0.39, 0.29) is 17.1 Å². The van der Waals surface area contributed by atoms with Crippen molar-refractivity contribution in [1.82, 2.24) is 0 Å². The van der Waals surface area contributed by atoms with E-state index in [4.69, 9.17) is 4.55 Å². The summed E-state index contributed by atoms with van der Waals surface area (Å²) in [5.41, 5.74) is 2.83. The molecule has 0 radical (unpaired) electrons. The molecule has 0 aromatic heterocycles. The highest BCUT2D eigenvalue weighted by Crippen LogP contribution is 2.44. The van der Waals surface area contributed by atoms with Crippen molar-refractivity contribution in [2.45, 2.75) is 43.4 Å². The molecule has 2 aromatic carbocycles. The molecular formula is C25H31N2O6S2+. The minimum Gasteiger partial charge on any atom is -0.362 e. The van der Waals surface area contributed by atoms with E-state index >= 15 is 0 Å². The molecule has 1 heterocycles. The number of hydrogen-bond donors (Lipinski definition) is 3. The Morgan fingerprint density at radius 2 is 1.71 bits per heavy atom. The van der Waals surface area contributed by atoms with Gasteiger partial charge in [-0.25, -0.2) is 0 Å². The summed E-state index contributed by atoms with van der Waals surface area (Å²) in [5.74, 6) is -0.336. The standard InChI is InChI=1S/C25H30N2O6S2/c1-3-27-23-15-14-21(35(31,32)33)19-22(23)25(2,16-8-10-18-34(28,29)30)24(27)13-7-9-17-26-20-11-5-4-6-12-20/h4-7,9,11-15,17,19H,3,8,10,16,18H2,1-2H3,(H2,28,29,30,31,32,33)/p+1. The predicted molar refractivity (Wildman–Crippen MR) is 138 cm³/mol. The first kappa shape index (κ1) is 26.8. The van der Waals surface area contributed by atoms with Crippen LogP contribution >= 0.6 is 0 Å². The summed E-state index contributed by atoms with van der Waals surface area (Å²) in [4.78, 5) is -0.186. The summed E-state index contributed by atoms with van der Waals surface area (Å²) in [7, 11) is -8.45. The van der Waals surface area contributed by atoms with Crippen molar-refractivity contribution in [2.24, 2.45) is 0 Å². The van der Waals surface area contributed by atoms with Crippen molar-refractivity contribution in [3.63, 3.8) is 0 Å². The van der Waals surface area contributed by atoms with Crippen LogP contribution in [0.5, 0.6) is 0 Å². The number of para-hydroxylation sites is 1. The van der Waals surface area contributed by atoms with Crippen molar-refractivity contribution in [3.8, 4) is 0 Å². The Morgan fingerprint density at radius 3 is 2.34 bits per heavy atom. The number of fused-ring (bicyclic) bond motifs is 1. The molecule has 1 atom stereocenters. The summed E-state index contributed by atoms with van der Waals surface area (Å²) < 4.78 is 66.7. The fourth-order valence-corrected chi connectivity index (χ4v) is 5.52. The molecule has 0 aliphatic carbocycles. The molecule has 3 rings (SSSR count). The van der Waals surface area contributed by atoms with Gasteiger partial charge in [-0.3, -0.25) is 9.11 Å². The highest BCUT2D eigenvalue weighted by Gasteiger charge is 2.47. The molecule has 188 valence electrons. The topological polar surface area (TPSA) is 124 Å². The maximum absolute atomic E-state index is 11.8. The number of allylic oxidation sites excluding steroid dienone is 3. The van der Waals surface area contributed by atoms with E-state index in [0.29, 0.717) is 19.4 Å².